The Kier molecular flexibility index (Phi) is 18.9. The maximum atomic E-state index is 12.8. The fourth-order valence-electron chi connectivity index (χ4n) is 9.69. The Morgan fingerprint density at radius 3 is 1.31 bits per heavy atom. The summed E-state index contributed by atoms with van der Waals surface area (Å²) in [5.41, 5.74) is 3.23. The molecular formula is C56H75F3O11S. The maximum absolute atomic E-state index is 12.8. The van der Waals surface area contributed by atoms with E-state index in [2.05, 4.69) is 68.3 Å². The van der Waals surface area contributed by atoms with Gasteiger partial charge in [-0.3, -0.25) is 4.79 Å². The molecular weight excluding hydrogens is 938 g/mol. The molecule has 0 aliphatic carbocycles. The number of esters is 1. The number of ether oxygens (including phenoxy) is 7. The SMILES string of the molecule is CCC(CC)(c1ccc(OCC2COC(C)(C)O2)c(C)c1)c1ccc(OS(=O)(=O)C(F)(F)F)c(C)c1.CCOC(=O)CCc1ccc(C(CC)(CC)c2ccc(OCC3COC(C)(C)O3)c(C)c2)cc1C. The fourth-order valence-corrected chi connectivity index (χ4v) is 10.2. The molecule has 0 bridgehead atoms. The van der Waals surface area contributed by atoms with Crippen molar-refractivity contribution < 1.29 is 63.7 Å². The molecule has 2 aliphatic rings. The second kappa shape index (κ2) is 23.5. The van der Waals surface area contributed by atoms with E-state index in [9.17, 15) is 26.4 Å². The van der Waals surface area contributed by atoms with Crippen molar-refractivity contribution in [3.63, 3.8) is 0 Å². The highest BCUT2D eigenvalue weighted by Gasteiger charge is 2.49. The Morgan fingerprint density at radius 1 is 0.606 bits per heavy atom. The minimum Gasteiger partial charge on any atom is -0.491 e. The van der Waals surface area contributed by atoms with Crippen molar-refractivity contribution >= 4 is 16.1 Å². The normalized spacial score (nSPS) is 17.9. The lowest BCUT2D eigenvalue weighted by atomic mass is 9.69. The van der Waals surface area contributed by atoms with Crippen molar-refractivity contribution in [3.05, 3.63) is 123 Å². The van der Waals surface area contributed by atoms with Crippen molar-refractivity contribution in [2.24, 2.45) is 0 Å². The Labute approximate surface area is 420 Å². The molecule has 2 heterocycles. The van der Waals surface area contributed by atoms with E-state index < -0.39 is 32.6 Å². The van der Waals surface area contributed by atoms with Crippen molar-refractivity contribution in [2.45, 2.75) is 169 Å². The number of carbonyl (C=O) groups is 1. The van der Waals surface area contributed by atoms with E-state index in [0.29, 0.717) is 64.3 Å². The molecule has 6 rings (SSSR count). The molecule has 0 radical (unpaired) electrons. The zero-order valence-electron chi connectivity index (χ0n) is 43.9. The standard InChI is InChI=1S/C30H42O5.C26H33F3O6S/c1-8-30(9-2,24-13-11-23(21(4)17-24)12-16-28(31)32-10-3)25-14-15-27(22(5)18-25)33-19-26-20-34-29(6,7)35-26;1-7-25(8-2,20-10-12-23(18(4)14-20)35-36(30,31)26(27,28)29)19-9-11-22(17(3)13-19)32-15-21-16-33-24(5,6)34-21/h11,13-15,17-18,26H,8-10,12,16,19-20H2,1-7H3;9-14,21H,7-8,15-16H2,1-6H3. The Hall–Kier alpha value is -4.67. The third-order valence-corrected chi connectivity index (χ3v) is 14.8. The number of halogens is 3. The molecule has 2 atom stereocenters. The van der Waals surface area contributed by atoms with E-state index in [1.54, 1.807) is 12.1 Å². The topological polar surface area (TPSA) is 125 Å². The van der Waals surface area contributed by atoms with Crippen LogP contribution in [0.25, 0.3) is 0 Å². The molecule has 2 fully saturated rings. The Morgan fingerprint density at radius 2 is 0.986 bits per heavy atom. The van der Waals surface area contributed by atoms with Gasteiger partial charge in [-0.15, -0.1) is 0 Å². The molecule has 2 unspecified atom stereocenters. The van der Waals surface area contributed by atoms with Gasteiger partial charge >= 0.3 is 21.6 Å². The molecule has 4 aromatic carbocycles. The molecule has 0 aromatic heterocycles. The van der Waals surface area contributed by atoms with Gasteiger partial charge in [-0.1, -0.05) is 82.3 Å². The number of aryl methyl sites for hydroxylation is 5. The van der Waals surface area contributed by atoms with Crippen LogP contribution in [0.5, 0.6) is 17.2 Å². The molecule has 0 spiro atoms. The zero-order chi connectivity index (χ0) is 52.6. The number of benzene rings is 4. The minimum atomic E-state index is -5.74. The van der Waals surface area contributed by atoms with Gasteiger partial charge < -0.3 is 37.3 Å². The summed E-state index contributed by atoms with van der Waals surface area (Å²) in [7, 11) is -5.74. The summed E-state index contributed by atoms with van der Waals surface area (Å²) in [5, 5.41) is 0. The van der Waals surface area contributed by atoms with Crippen LogP contribution in [0, 0.1) is 27.7 Å². The predicted molar refractivity (Wildman–Crippen MR) is 269 cm³/mol. The lowest BCUT2D eigenvalue weighted by molar-refractivity contribution is -0.143. The van der Waals surface area contributed by atoms with Crippen LogP contribution in [-0.2, 0) is 55.8 Å². The van der Waals surface area contributed by atoms with E-state index in [-0.39, 0.29) is 29.3 Å². The van der Waals surface area contributed by atoms with Gasteiger partial charge in [0.2, 0.25) is 0 Å². The molecule has 392 valence electrons. The zero-order valence-corrected chi connectivity index (χ0v) is 44.7. The van der Waals surface area contributed by atoms with Gasteiger partial charge in [-0.2, -0.15) is 21.6 Å². The molecule has 2 saturated heterocycles. The van der Waals surface area contributed by atoms with E-state index >= 15 is 0 Å². The van der Waals surface area contributed by atoms with Gasteiger partial charge in [0.15, 0.2) is 11.6 Å². The Balaban J connectivity index is 0.000000264. The van der Waals surface area contributed by atoms with Crippen molar-refractivity contribution in [1.29, 1.82) is 0 Å². The first-order valence-electron chi connectivity index (χ1n) is 24.8. The number of alkyl halides is 3. The van der Waals surface area contributed by atoms with Crippen LogP contribution in [0.1, 0.15) is 144 Å². The smallest absolute Gasteiger partial charge is 0.491 e. The molecule has 11 nitrogen and oxygen atoms in total. The largest absolute Gasteiger partial charge is 0.534 e. The molecule has 2 aliphatic heterocycles. The third kappa shape index (κ3) is 13.9. The monoisotopic (exact) mass is 1010 g/mol. The summed E-state index contributed by atoms with van der Waals surface area (Å²) in [6.45, 7) is 28.0. The first kappa shape index (κ1) is 57.2. The molecule has 71 heavy (non-hydrogen) atoms. The maximum Gasteiger partial charge on any atom is 0.534 e. The summed E-state index contributed by atoms with van der Waals surface area (Å²) >= 11 is 0. The van der Waals surface area contributed by atoms with Crippen LogP contribution in [0.15, 0.2) is 72.8 Å². The second-order valence-corrected chi connectivity index (χ2v) is 21.0. The lowest BCUT2D eigenvalue weighted by Crippen LogP contribution is -2.29. The predicted octanol–water partition coefficient (Wildman–Crippen LogP) is 12.6. The van der Waals surface area contributed by atoms with E-state index in [1.165, 1.54) is 35.2 Å². The van der Waals surface area contributed by atoms with Crippen LogP contribution >= 0.6 is 0 Å². The van der Waals surface area contributed by atoms with Gasteiger partial charge in [-0.05, 0) is 163 Å². The Bertz CT molecular complexity index is 2550. The lowest BCUT2D eigenvalue weighted by Gasteiger charge is -2.34. The second-order valence-electron chi connectivity index (χ2n) is 19.5. The van der Waals surface area contributed by atoms with Crippen molar-refractivity contribution in [1.82, 2.24) is 0 Å². The van der Waals surface area contributed by atoms with Crippen LogP contribution in [-0.4, -0.2) is 76.7 Å². The summed E-state index contributed by atoms with van der Waals surface area (Å²) in [6.07, 6.45) is 4.32. The highest BCUT2D eigenvalue weighted by atomic mass is 32.2. The number of hydrogen-bond acceptors (Lipinski definition) is 11. The van der Waals surface area contributed by atoms with Gasteiger partial charge in [0.05, 0.1) is 19.8 Å². The van der Waals surface area contributed by atoms with Crippen LogP contribution in [0.4, 0.5) is 13.2 Å². The first-order valence-corrected chi connectivity index (χ1v) is 26.2. The number of hydrogen-bond donors (Lipinski definition) is 0. The minimum absolute atomic E-state index is 0.0558. The molecule has 4 aromatic rings. The average Bonchev–Trinajstić information content (AvgIpc) is 3.85. The quantitative estimate of drug-likeness (QED) is 0.0477. The summed E-state index contributed by atoms with van der Waals surface area (Å²) in [6, 6.07) is 23.8. The number of rotatable bonds is 20. The first-order chi connectivity index (χ1) is 33.3. The highest BCUT2D eigenvalue weighted by Crippen LogP contribution is 2.43. The molecule has 0 saturated carbocycles. The van der Waals surface area contributed by atoms with Crippen LogP contribution in [0.3, 0.4) is 0 Å². The molecule has 0 N–H and O–H groups in total. The van der Waals surface area contributed by atoms with Gasteiger partial charge in [-0.25, -0.2) is 0 Å². The average molecular weight is 1010 g/mol. The van der Waals surface area contributed by atoms with Gasteiger partial charge in [0.1, 0.15) is 42.7 Å². The van der Waals surface area contributed by atoms with Crippen LogP contribution < -0.4 is 13.7 Å². The van der Waals surface area contributed by atoms with Gasteiger partial charge in [0, 0.05) is 17.3 Å². The van der Waals surface area contributed by atoms with Crippen LogP contribution in [0.2, 0.25) is 0 Å². The van der Waals surface area contributed by atoms with E-state index in [4.69, 9.17) is 33.2 Å². The highest BCUT2D eigenvalue weighted by molar-refractivity contribution is 7.88. The van der Waals surface area contributed by atoms with Crippen molar-refractivity contribution in [2.75, 3.05) is 33.0 Å². The molecule has 15 heteroatoms. The summed E-state index contributed by atoms with van der Waals surface area (Å²) in [4.78, 5) is 11.8. The summed E-state index contributed by atoms with van der Waals surface area (Å²) in [5.74, 6) is -0.0374. The number of carbonyl (C=O) groups excluding carboxylic acids is 1. The molecule has 0 amide bonds. The fraction of sp³-hybridized carbons (Fsp3) is 0.554. The van der Waals surface area contributed by atoms with Gasteiger partial charge in [0.25, 0.3) is 0 Å². The van der Waals surface area contributed by atoms with Crippen molar-refractivity contribution in [3.8, 4) is 17.2 Å². The summed E-state index contributed by atoms with van der Waals surface area (Å²) < 4.78 is 106. The van der Waals surface area contributed by atoms with E-state index in [0.717, 1.165) is 46.6 Å². The van der Waals surface area contributed by atoms with E-state index in [1.807, 2.05) is 73.6 Å². The third-order valence-electron chi connectivity index (χ3n) is 13.9.